The Kier molecular flexibility index (Phi) is 26.2. The number of aromatic amines is 2. The molecule has 23 nitrogen and oxygen atoms in total. The first kappa shape index (κ1) is 77.0. The summed E-state index contributed by atoms with van der Waals surface area (Å²) in [6.07, 6.45) is 4.60. The average Bonchev–Trinajstić information content (AvgIpc) is 1.68. The zero-order valence-electron chi connectivity index (χ0n) is 57.9. The Morgan fingerprint density at radius 2 is 0.882 bits per heavy atom. The van der Waals surface area contributed by atoms with Gasteiger partial charge in [0.05, 0.1) is 69.7 Å². The Bertz CT molecular complexity index is 4500. The minimum atomic E-state index is -0.876. The zero-order chi connectivity index (χ0) is 73.8. The molecule has 540 valence electrons. The summed E-state index contributed by atoms with van der Waals surface area (Å²) in [4.78, 5) is 122. The van der Waals surface area contributed by atoms with E-state index in [2.05, 4.69) is 41.9 Å². The SMILES string of the molecule is CNOC.CON(C)C(=O)C(=O)c1c[nH]c2cc(Cl)c(C(=O)N3CCN(Cc4ccc(F)cc4)C[C@H]3C)cc12.CON(C)C(=O)C(=O)c1cn(N)c2cc(Cl)c(C(=O)N3CCN(Cc4ccc(F)cc4)C[C@H]3C)cc12.C[C@@H]1CN(Cc2ccc(F)cc2)CCN1C(=O)c1cc2cc[nH]c2cc1Cl. The van der Waals surface area contributed by atoms with Crippen LogP contribution in [0.5, 0.6) is 0 Å². The van der Waals surface area contributed by atoms with Crippen LogP contribution in [0.2, 0.25) is 15.1 Å². The van der Waals surface area contributed by atoms with E-state index in [1.807, 2.05) is 49.2 Å². The van der Waals surface area contributed by atoms with Crippen molar-refractivity contribution >= 4 is 109 Å². The summed E-state index contributed by atoms with van der Waals surface area (Å²) in [5, 5.41) is 4.33. The lowest BCUT2D eigenvalue weighted by molar-refractivity contribution is -0.162. The Balaban J connectivity index is 0.000000175. The van der Waals surface area contributed by atoms with Crippen molar-refractivity contribution in [3.05, 3.63) is 211 Å². The van der Waals surface area contributed by atoms with Gasteiger partial charge in [-0.05, 0) is 116 Å². The Morgan fingerprint density at radius 3 is 1.27 bits per heavy atom. The zero-order valence-corrected chi connectivity index (χ0v) is 60.1. The van der Waals surface area contributed by atoms with E-state index in [4.69, 9.17) is 50.3 Å². The van der Waals surface area contributed by atoms with Crippen LogP contribution in [0, 0.1) is 17.5 Å². The number of carbonyl (C=O) groups excluding carboxylic acids is 7. The largest absolute Gasteiger partial charge is 0.361 e. The number of rotatable bonds is 16. The number of amides is 5. The summed E-state index contributed by atoms with van der Waals surface area (Å²) in [6.45, 7) is 13.7. The maximum Gasteiger partial charge on any atom is 0.318 e. The molecule has 5 N–H and O–H groups in total. The number of aromatic nitrogens is 3. The summed E-state index contributed by atoms with van der Waals surface area (Å²) in [5.41, 5.74) is 8.58. The number of hydroxylamine groups is 5. The molecule has 3 fully saturated rings. The topological polar surface area (TPSA) is 248 Å². The van der Waals surface area contributed by atoms with Gasteiger partial charge in [0.25, 0.3) is 29.3 Å². The van der Waals surface area contributed by atoms with Crippen molar-refractivity contribution in [1.29, 1.82) is 0 Å². The molecule has 6 aromatic carbocycles. The van der Waals surface area contributed by atoms with Gasteiger partial charge in [0, 0.05) is 164 Å². The molecular weight excluding hydrogens is 1380 g/mol. The number of Topliss-reactive ketones (excluding diaryl/α,β-unsaturated/α-hetero) is 2. The molecule has 6 heterocycles. The molecule has 12 rings (SSSR count). The molecule has 3 saturated heterocycles. The van der Waals surface area contributed by atoms with Gasteiger partial charge in [0.2, 0.25) is 0 Å². The number of H-pyrrole nitrogens is 2. The molecule has 3 atom stereocenters. The van der Waals surface area contributed by atoms with E-state index < -0.39 is 23.4 Å². The second-order valence-electron chi connectivity index (χ2n) is 24.9. The number of halogens is 6. The second kappa shape index (κ2) is 34.7. The number of nitrogens with zero attached hydrogens (tertiary/aromatic N) is 9. The molecule has 3 aliphatic rings. The van der Waals surface area contributed by atoms with Crippen LogP contribution in [0.15, 0.2) is 134 Å². The lowest BCUT2D eigenvalue weighted by Crippen LogP contribution is -2.53. The quantitative estimate of drug-likeness (QED) is 0.0304. The first-order valence-electron chi connectivity index (χ1n) is 32.7. The number of hydrogen-bond acceptors (Lipinski definition) is 15. The molecule has 0 saturated carbocycles. The fraction of sp³-hybridized carbons (Fsp3) is 0.329. The second-order valence-corrected chi connectivity index (χ2v) is 26.2. The average molecular weight is 1460 g/mol. The van der Waals surface area contributed by atoms with Crippen LogP contribution in [0.1, 0.15) is 89.3 Å². The van der Waals surface area contributed by atoms with Crippen LogP contribution in [0.3, 0.4) is 0 Å². The maximum atomic E-state index is 13.5. The molecule has 5 amide bonds. The van der Waals surface area contributed by atoms with E-state index in [9.17, 15) is 46.7 Å². The predicted molar refractivity (Wildman–Crippen MR) is 385 cm³/mol. The Hall–Kier alpha value is -9.19. The number of nitrogen functional groups attached to an aromatic ring is 1. The standard InChI is InChI=1S/C25H27ClFN5O4.C25H26ClFN4O4.C21H21ClFN3O.C2H7NO/c1-15-12-30(13-16-4-6-17(27)7-5-16)8-9-31(15)24(34)19-10-18-20(23(33)25(35)29(2)36-3)14-32(28)22(18)11-21(19)26;1-15-13-30(14-16-4-6-17(27)7-5-16)8-9-31(15)24(33)19-10-18-20(12-28-22(18)11-21(19)26)23(32)25(34)29(2)35-3;1-14-12-25(13-15-2-4-17(23)5-3-15)8-9-26(14)21(27)18-10-16-6-7-24-20(16)11-19(18)22;1-3-4-2/h4-7,10-11,14-15H,8-9,12-13,28H2,1-3H3;4-7,10-12,15,28H,8-9,13-14H2,1-3H3;2-7,10-11,14,24H,8-9,12-13H2,1H3;3H,1-2H3/t2*15-;14-;/m111./s1. The van der Waals surface area contributed by atoms with Crippen molar-refractivity contribution in [2.45, 2.75) is 58.5 Å². The number of likely N-dealkylation sites (N-methyl/N-ethyl adjacent to an activating group) is 2. The molecule has 0 radical (unpaired) electrons. The molecule has 0 aliphatic carbocycles. The van der Waals surface area contributed by atoms with Gasteiger partial charge < -0.3 is 35.3 Å². The van der Waals surface area contributed by atoms with Crippen LogP contribution in [0.25, 0.3) is 32.7 Å². The van der Waals surface area contributed by atoms with E-state index in [1.54, 1.807) is 66.4 Å². The van der Waals surface area contributed by atoms with Crippen molar-refractivity contribution in [2.24, 2.45) is 0 Å². The number of piperazine rings is 3. The van der Waals surface area contributed by atoms with Crippen LogP contribution < -0.4 is 11.3 Å². The van der Waals surface area contributed by atoms with E-state index in [0.717, 1.165) is 57.4 Å². The van der Waals surface area contributed by atoms with Crippen molar-refractivity contribution < 1.29 is 61.2 Å². The van der Waals surface area contributed by atoms with Gasteiger partial charge in [0.1, 0.15) is 17.5 Å². The summed E-state index contributed by atoms with van der Waals surface area (Å²) in [6, 6.07) is 31.0. The summed E-state index contributed by atoms with van der Waals surface area (Å²) in [7, 11) is 8.51. The highest BCUT2D eigenvalue weighted by atomic mass is 35.5. The van der Waals surface area contributed by atoms with Gasteiger partial charge in [-0.2, -0.15) is 0 Å². The van der Waals surface area contributed by atoms with Gasteiger partial charge in [-0.25, -0.2) is 28.8 Å². The van der Waals surface area contributed by atoms with E-state index in [0.29, 0.717) is 91.3 Å². The Labute approximate surface area is 603 Å². The number of fused-ring (bicyclic) bond motifs is 3. The van der Waals surface area contributed by atoms with E-state index in [-0.39, 0.29) is 85.6 Å². The van der Waals surface area contributed by atoms with Gasteiger partial charge in [0.15, 0.2) is 0 Å². The maximum absolute atomic E-state index is 13.5. The summed E-state index contributed by atoms with van der Waals surface area (Å²) >= 11 is 19.3. The Morgan fingerprint density at radius 1 is 0.510 bits per heavy atom. The fourth-order valence-electron chi connectivity index (χ4n) is 12.5. The van der Waals surface area contributed by atoms with Gasteiger partial charge in [-0.1, -0.05) is 71.2 Å². The molecule has 0 spiro atoms. The number of nitrogens with one attached hydrogen (secondary N) is 3. The molecule has 3 aliphatic heterocycles. The first-order valence-corrected chi connectivity index (χ1v) is 33.8. The molecule has 3 aromatic heterocycles. The van der Waals surface area contributed by atoms with Crippen molar-refractivity contribution in [1.82, 2.24) is 59.7 Å². The predicted octanol–water partition coefficient (Wildman–Crippen LogP) is 10.3. The summed E-state index contributed by atoms with van der Waals surface area (Å²) in [5.74, 6) is 1.39. The molecule has 102 heavy (non-hydrogen) atoms. The third-order valence-electron chi connectivity index (χ3n) is 18.1. The number of hydrogen-bond donors (Lipinski definition) is 4. The summed E-state index contributed by atoms with van der Waals surface area (Å²) < 4.78 is 40.6. The van der Waals surface area contributed by atoms with Crippen LogP contribution >= 0.6 is 34.8 Å². The highest BCUT2D eigenvalue weighted by Crippen LogP contribution is 2.33. The first-order chi connectivity index (χ1) is 48.7. The third kappa shape index (κ3) is 18.3. The molecule has 0 bridgehead atoms. The lowest BCUT2D eigenvalue weighted by Gasteiger charge is -2.40. The number of benzene rings is 6. The number of nitrogens with two attached hydrogens (primary N) is 1. The third-order valence-corrected chi connectivity index (χ3v) is 19.0. The normalized spacial score (nSPS) is 16.5. The monoisotopic (exact) mass is 1460 g/mol. The van der Waals surface area contributed by atoms with E-state index >= 15 is 0 Å². The highest BCUT2D eigenvalue weighted by molar-refractivity contribution is 6.46. The molecule has 9 aromatic rings. The fourth-order valence-corrected chi connectivity index (χ4v) is 13.2. The van der Waals surface area contributed by atoms with Crippen LogP contribution in [-0.4, -0.2) is 215 Å². The van der Waals surface area contributed by atoms with Gasteiger partial charge in [-0.15, -0.1) is 0 Å². The van der Waals surface area contributed by atoms with Crippen LogP contribution in [0.4, 0.5) is 13.2 Å². The number of carbonyl (C=O) groups is 7. The van der Waals surface area contributed by atoms with Crippen LogP contribution in [-0.2, 0) is 43.7 Å². The number of ketones is 2. The minimum Gasteiger partial charge on any atom is -0.361 e. The van der Waals surface area contributed by atoms with Gasteiger partial charge >= 0.3 is 11.8 Å². The van der Waals surface area contributed by atoms with E-state index in [1.165, 1.54) is 93.9 Å². The van der Waals surface area contributed by atoms with Crippen molar-refractivity contribution in [3.8, 4) is 0 Å². The highest BCUT2D eigenvalue weighted by Gasteiger charge is 2.35. The minimum absolute atomic E-state index is 0.0305. The van der Waals surface area contributed by atoms with Gasteiger partial charge in [-0.3, -0.25) is 62.6 Å². The smallest absolute Gasteiger partial charge is 0.318 e. The van der Waals surface area contributed by atoms with Crippen molar-refractivity contribution in [2.75, 3.05) is 107 Å². The molecule has 29 heteroatoms. The molecular formula is C73H81Cl3F3N13O10. The van der Waals surface area contributed by atoms with Crippen molar-refractivity contribution in [3.63, 3.8) is 0 Å². The lowest BCUT2D eigenvalue weighted by atomic mass is 10.0. The molecule has 0 unspecified atom stereocenters.